The van der Waals surface area contributed by atoms with Gasteiger partial charge >= 0.3 is 0 Å². The maximum atomic E-state index is 5.90. The lowest BCUT2D eigenvalue weighted by Crippen LogP contribution is -2.16. The summed E-state index contributed by atoms with van der Waals surface area (Å²) >= 11 is 0. The summed E-state index contributed by atoms with van der Waals surface area (Å²) in [4.78, 5) is 4.35. The highest BCUT2D eigenvalue weighted by Crippen LogP contribution is 2.35. The Morgan fingerprint density at radius 1 is 1.29 bits per heavy atom. The van der Waals surface area contributed by atoms with Gasteiger partial charge in [0.15, 0.2) is 6.10 Å². The maximum absolute atomic E-state index is 5.90. The molecular formula is C15H13NO. The van der Waals surface area contributed by atoms with Gasteiger partial charge in [0, 0.05) is 17.5 Å². The minimum Gasteiger partial charge on any atom is -0.475 e. The molecule has 2 aromatic rings. The van der Waals surface area contributed by atoms with Crippen LogP contribution in [0.25, 0.3) is 10.9 Å². The van der Waals surface area contributed by atoms with Crippen LogP contribution in [0.4, 0.5) is 0 Å². The van der Waals surface area contributed by atoms with Crippen LogP contribution in [0.1, 0.15) is 12.8 Å². The number of para-hydroxylation sites is 1. The van der Waals surface area contributed by atoms with Gasteiger partial charge in [-0.2, -0.15) is 0 Å². The van der Waals surface area contributed by atoms with E-state index in [0.29, 0.717) is 5.92 Å². The van der Waals surface area contributed by atoms with Gasteiger partial charge in [0.1, 0.15) is 11.3 Å². The Bertz CT molecular complexity index is 575. The van der Waals surface area contributed by atoms with E-state index in [9.17, 15) is 0 Å². The smallest absolute Gasteiger partial charge is 0.161 e. The van der Waals surface area contributed by atoms with Gasteiger partial charge in [-0.05, 0) is 25.0 Å². The Hall–Kier alpha value is -2.01. The molecule has 0 unspecified atom stereocenters. The third-order valence-corrected chi connectivity index (χ3v) is 3.06. The second kappa shape index (κ2) is 4.10. The van der Waals surface area contributed by atoms with Crippen molar-refractivity contribution in [3.63, 3.8) is 0 Å². The summed E-state index contributed by atoms with van der Waals surface area (Å²) in [6.07, 6.45) is 9.52. The topological polar surface area (TPSA) is 22.1 Å². The summed E-state index contributed by atoms with van der Waals surface area (Å²) in [7, 11) is 0. The summed E-state index contributed by atoms with van der Waals surface area (Å²) in [5.41, 5.74) is 0.885. The average Bonchev–Trinajstić information content (AvgIpc) is 3.20. The molecule has 1 saturated carbocycles. The molecular weight excluding hydrogens is 210 g/mol. The van der Waals surface area contributed by atoms with E-state index >= 15 is 0 Å². The molecule has 1 fully saturated rings. The second-order valence-electron chi connectivity index (χ2n) is 4.37. The van der Waals surface area contributed by atoms with Crippen LogP contribution in [0.15, 0.2) is 36.5 Å². The molecule has 1 aliphatic rings. The number of ether oxygens (including phenoxy) is 1. The van der Waals surface area contributed by atoms with E-state index in [-0.39, 0.29) is 6.10 Å². The molecule has 0 N–H and O–H groups in total. The number of hydrogen-bond donors (Lipinski definition) is 0. The average molecular weight is 223 g/mol. The predicted molar refractivity (Wildman–Crippen MR) is 67.7 cm³/mol. The molecule has 0 spiro atoms. The lowest BCUT2D eigenvalue weighted by molar-refractivity contribution is 0.238. The van der Waals surface area contributed by atoms with Crippen molar-refractivity contribution in [3.8, 4) is 18.1 Å². The third-order valence-electron chi connectivity index (χ3n) is 3.06. The Morgan fingerprint density at radius 3 is 2.88 bits per heavy atom. The van der Waals surface area contributed by atoms with Crippen molar-refractivity contribution < 1.29 is 4.74 Å². The van der Waals surface area contributed by atoms with Crippen molar-refractivity contribution in [3.05, 3.63) is 36.5 Å². The molecule has 2 nitrogen and oxygen atoms in total. The fourth-order valence-electron chi connectivity index (χ4n) is 1.97. The maximum Gasteiger partial charge on any atom is 0.161 e. The molecule has 3 rings (SSSR count). The Labute approximate surface area is 101 Å². The van der Waals surface area contributed by atoms with Crippen molar-refractivity contribution >= 4 is 10.9 Å². The fraction of sp³-hybridized carbons (Fsp3) is 0.267. The predicted octanol–water partition coefficient (Wildman–Crippen LogP) is 3.03. The largest absolute Gasteiger partial charge is 0.475 e. The van der Waals surface area contributed by atoms with Gasteiger partial charge in [-0.1, -0.05) is 24.1 Å². The minimum atomic E-state index is -0.109. The first-order chi connectivity index (χ1) is 8.38. The Morgan fingerprint density at radius 2 is 2.12 bits per heavy atom. The van der Waals surface area contributed by atoms with Gasteiger partial charge in [-0.3, -0.25) is 4.98 Å². The highest BCUT2D eigenvalue weighted by molar-refractivity contribution is 5.84. The van der Waals surface area contributed by atoms with Gasteiger partial charge in [0.25, 0.3) is 0 Å². The molecule has 1 aliphatic carbocycles. The zero-order chi connectivity index (χ0) is 11.7. The fourth-order valence-corrected chi connectivity index (χ4v) is 1.97. The number of rotatable bonds is 3. The van der Waals surface area contributed by atoms with Crippen LogP contribution < -0.4 is 4.74 Å². The number of pyridine rings is 1. The molecule has 2 heteroatoms. The van der Waals surface area contributed by atoms with Crippen molar-refractivity contribution in [1.82, 2.24) is 4.98 Å². The molecule has 0 radical (unpaired) electrons. The Kier molecular flexibility index (Phi) is 2.45. The zero-order valence-electron chi connectivity index (χ0n) is 9.47. The standard InChI is InChI=1S/C15H13NO/c1-2-13(11-8-9-11)17-14-7-3-5-12-6-4-10-16-15(12)14/h1,3-7,10-11,13H,8-9H2/t13-/m0/s1. The first-order valence-electron chi connectivity index (χ1n) is 5.85. The van der Waals surface area contributed by atoms with Crippen molar-refractivity contribution in [2.24, 2.45) is 5.92 Å². The van der Waals surface area contributed by atoms with Gasteiger partial charge in [0.2, 0.25) is 0 Å². The van der Waals surface area contributed by atoms with Crippen LogP contribution >= 0.6 is 0 Å². The summed E-state index contributed by atoms with van der Waals surface area (Å²) in [5, 5.41) is 1.08. The second-order valence-corrected chi connectivity index (χ2v) is 4.37. The van der Waals surface area contributed by atoms with E-state index in [1.165, 1.54) is 12.8 Å². The molecule has 1 aromatic carbocycles. The quantitative estimate of drug-likeness (QED) is 0.746. The number of hydrogen-bond acceptors (Lipinski definition) is 2. The van der Waals surface area contributed by atoms with E-state index < -0.39 is 0 Å². The molecule has 1 atom stereocenters. The van der Waals surface area contributed by atoms with E-state index in [2.05, 4.69) is 10.9 Å². The first-order valence-corrected chi connectivity index (χ1v) is 5.85. The van der Waals surface area contributed by atoms with E-state index in [1.807, 2.05) is 30.3 Å². The van der Waals surface area contributed by atoms with Crippen LogP contribution in [0.5, 0.6) is 5.75 Å². The van der Waals surface area contributed by atoms with Crippen LogP contribution in [0.3, 0.4) is 0 Å². The summed E-state index contributed by atoms with van der Waals surface area (Å²) in [6.45, 7) is 0. The number of fused-ring (bicyclic) bond motifs is 1. The van der Waals surface area contributed by atoms with Gasteiger partial charge in [0.05, 0.1) is 0 Å². The van der Waals surface area contributed by atoms with Gasteiger partial charge in [-0.15, -0.1) is 6.42 Å². The molecule has 0 amide bonds. The molecule has 0 aliphatic heterocycles. The zero-order valence-corrected chi connectivity index (χ0v) is 9.47. The van der Waals surface area contributed by atoms with E-state index in [0.717, 1.165) is 16.7 Å². The minimum absolute atomic E-state index is 0.109. The number of aromatic nitrogens is 1. The third kappa shape index (κ3) is 1.97. The van der Waals surface area contributed by atoms with Gasteiger partial charge in [-0.25, -0.2) is 0 Å². The first kappa shape index (κ1) is 10.2. The molecule has 0 bridgehead atoms. The van der Waals surface area contributed by atoms with Crippen LogP contribution in [0.2, 0.25) is 0 Å². The molecule has 84 valence electrons. The van der Waals surface area contributed by atoms with Crippen LogP contribution in [-0.2, 0) is 0 Å². The summed E-state index contributed by atoms with van der Waals surface area (Å²) < 4.78 is 5.90. The number of benzene rings is 1. The normalized spacial score (nSPS) is 16.4. The molecule has 1 heterocycles. The van der Waals surface area contributed by atoms with Crippen LogP contribution in [0, 0.1) is 18.3 Å². The number of terminal acetylenes is 1. The van der Waals surface area contributed by atoms with Crippen molar-refractivity contribution in [2.75, 3.05) is 0 Å². The summed E-state index contributed by atoms with van der Waals surface area (Å²) in [6, 6.07) is 9.88. The SMILES string of the molecule is C#C[C@H](Oc1cccc2cccnc12)C1CC1. The lowest BCUT2D eigenvalue weighted by atomic mass is 10.2. The highest BCUT2D eigenvalue weighted by atomic mass is 16.5. The number of nitrogens with zero attached hydrogens (tertiary/aromatic N) is 1. The van der Waals surface area contributed by atoms with E-state index in [4.69, 9.17) is 11.2 Å². The van der Waals surface area contributed by atoms with E-state index in [1.54, 1.807) is 6.20 Å². The van der Waals surface area contributed by atoms with Crippen molar-refractivity contribution in [1.29, 1.82) is 0 Å². The molecule has 17 heavy (non-hydrogen) atoms. The molecule has 0 saturated heterocycles. The lowest BCUT2D eigenvalue weighted by Gasteiger charge is -2.14. The molecule has 1 aromatic heterocycles. The monoisotopic (exact) mass is 223 g/mol. The van der Waals surface area contributed by atoms with Gasteiger partial charge < -0.3 is 4.74 Å². The summed E-state index contributed by atoms with van der Waals surface area (Å²) in [5.74, 6) is 4.04. The Balaban J connectivity index is 1.97. The highest BCUT2D eigenvalue weighted by Gasteiger charge is 2.31. The van der Waals surface area contributed by atoms with Crippen LogP contribution in [-0.4, -0.2) is 11.1 Å². The van der Waals surface area contributed by atoms with Crippen molar-refractivity contribution in [2.45, 2.75) is 18.9 Å².